The van der Waals surface area contributed by atoms with Gasteiger partial charge in [0.1, 0.15) is 36.1 Å². The standard InChI is InChI=1S/C27H33N5O14/c1-26(39)13-5-4-6-16(33)17(13)21(34)18-14(26)11-15-20(29(2)3)22(35)19(24(37)27(15,40)23(18)36)25(38)28-12-30(7-9-45-31(41)42)8-10-46-32(43)44/h4-6,14-15,20,33-34,37,39-40H,7-12H2,1-3H3,(H,28,38)/t14-,15-,20-,26?,27-/m0/s1. The summed E-state index contributed by atoms with van der Waals surface area (Å²) in [6.07, 6.45) is -0.321. The van der Waals surface area contributed by atoms with Gasteiger partial charge in [-0.25, -0.2) is 0 Å². The average molecular weight is 652 g/mol. The van der Waals surface area contributed by atoms with Crippen LogP contribution in [0.3, 0.4) is 0 Å². The zero-order valence-corrected chi connectivity index (χ0v) is 24.9. The highest BCUT2D eigenvalue weighted by Gasteiger charge is 2.66. The van der Waals surface area contributed by atoms with Crippen LogP contribution in [-0.2, 0) is 29.7 Å². The lowest BCUT2D eigenvalue weighted by atomic mass is 9.54. The zero-order valence-electron chi connectivity index (χ0n) is 24.9. The van der Waals surface area contributed by atoms with Crippen molar-refractivity contribution in [3.05, 3.63) is 66.5 Å². The molecule has 3 aliphatic carbocycles. The van der Waals surface area contributed by atoms with Crippen molar-refractivity contribution in [2.45, 2.75) is 30.6 Å². The molecule has 1 aromatic carbocycles. The Kier molecular flexibility index (Phi) is 9.25. The molecule has 0 bridgehead atoms. The molecule has 0 saturated heterocycles. The maximum absolute atomic E-state index is 14.1. The Bertz CT molecular complexity index is 1520. The number of phenolic OH excluding ortho intramolecular Hbond substituents is 1. The number of aliphatic hydroxyl groups is 4. The molecule has 0 heterocycles. The lowest BCUT2D eigenvalue weighted by Crippen LogP contribution is -2.67. The van der Waals surface area contributed by atoms with E-state index >= 15 is 0 Å². The number of rotatable bonds is 12. The first kappa shape index (κ1) is 34.0. The second-order valence-corrected chi connectivity index (χ2v) is 11.5. The molecule has 0 radical (unpaired) electrons. The third kappa shape index (κ3) is 5.68. The molecule has 0 aliphatic heterocycles. The van der Waals surface area contributed by atoms with E-state index in [1.807, 2.05) is 0 Å². The van der Waals surface area contributed by atoms with Crippen molar-refractivity contribution in [1.82, 2.24) is 15.1 Å². The topological polar surface area (TPSA) is 276 Å². The number of Topliss-reactive ketones (excluding diaryl/α,β-unsaturated/α-hetero) is 2. The summed E-state index contributed by atoms with van der Waals surface area (Å²) in [7, 11) is 2.87. The predicted molar refractivity (Wildman–Crippen MR) is 151 cm³/mol. The SMILES string of the molecule is CN(C)[C@@H]1C(=O)C(C(=O)NCN(CCO[N+](=O)[O-])CCO[N+](=O)[O-])=C(O)[C@@]2(O)C(=O)C3=C(O)c4c(O)cccc4C(C)(O)[C@H]3C[C@@H]12. The van der Waals surface area contributed by atoms with Crippen molar-refractivity contribution in [2.75, 3.05) is 47.1 Å². The normalized spacial score (nSPS) is 27.2. The van der Waals surface area contributed by atoms with Gasteiger partial charge in [-0.1, -0.05) is 12.1 Å². The summed E-state index contributed by atoms with van der Waals surface area (Å²) in [5.74, 6) is -8.67. The molecule has 1 saturated carbocycles. The van der Waals surface area contributed by atoms with Crippen LogP contribution in [0.1, 0.15) is 24.5 Å². The summed E-state index contributed by atoms with van der Waals surface area (Å²) >= 11 is 0. The predicted octanol–water partition coefficient (Wildman–Crippen LogP) is -1.06. The van der Waals surface area contributed by atoms with Gasteiger partial charge in [0, 0.05) is 30.5 Å². The second-order valence-electron chi connectivity index (χ2n) is 11.5. The Morgan fingerprint density at radius 3 is 2.20 bits per heavy atom. The van der Waals surface area contributed by atoms with Crippen LogP contribution in [0, 0.1) is 32.1 Å². The van der Waals surface area contributed by atoms with Gasteiger partial charge in [-0.2, -0.15) is 0 Å². The number of aromatic hydroxyl groups is 1. The summed E-state index contributed by atoms with van der Waals surface area (Å²) in [6, 6.07) is 2.70. The largest absolute Gasteiger partial charge is 0.508 e. The third-order valence-corrected chi connectivity index (χ3v) is 8.67. The highest BCUT2D eigenvalue weighted by Crippen LogP contribution is 2.57. The van der Waals surface area contributed by atoms with Crippen molar-refractivity contribution in [3.8, 4) is 5.75 Å². The van der Waals surface area contributed by atoms with Gasteiger partial charge in [-0.15, -0.1) is 20.2 Å². The number of nitrogens with one attached hydrogen (secondary N) is 1. The molecule has 19 nitrogen and oxygen atoms in total. The van der Waals surface area contributed by atoms with E-state index in [0.29, 0.717) is 0 Å². The number of carbonyl (C=O) groups is 3. The molecule has 1 fully saturated rings. The lowest BCUT2D eigenvalue weighted by Gasteiger charge is -2.53. The van der Waals surface area contributed by atoms with Gasteiger partial charge in [0.05, 0.1) is 23.9 Å². The Morgan fingerprint density at radius 2 is 1.65 bits per heavy atom. The molecule has 0 aromatic heterocycles. The molecule has 1 aromatic rings. The van der Waals surface area contributed by atoms with Gasteiger partial charge >= 0.3 is 0 Å². The van der Waals surface area contributed by atoms with E-state index in [1.54, 1.807) is 0 Å². The number of aliphatic hydroxyl groups excluding tert-OH is 2. The lowest BCUT2D eigenvalue weighted by molar-refractivity contribution is -0.758. The first-order valence-electron chi connectivity index (χ1n) is 13.9. The summed E-state index contributed by atoms with van der Waals surface area (Å²) in [4.78, 5) is 73.4. The van der Waals surface area contributed by atoms with Crippen LogP contribution in [0.4, 0.5) is 0 Å². The van der Waals surface area contributed by atoms with Gasteiger partial charge in [0.25, 0.3) is 16.1 Å². The number of likely N-dealkylation sites (N-methyl/N-ethyl adjacent to an activating group) is 1. The maximum Gasteiger partial charge on any atom is 0.294 e. The second kappa shape index (κ2) is 12.5. The summed E-state index contributed by atoms with van der Waals surface area (Å²) in [6.45, 7) is -0.641. The van der Waals surface area contributed by atoms with Crippen molar-refractivity contribution in [3.63, 3.8) is 0 Å². The molecular weight excluding hydrogens is 618 g/mol. The number of phenols is 1. The molecular formula is C27H33N5O14. The van der Waals surface area contributed by atoms with Crippen LogP contribution in [0.5, 0.6) is 5.75 Å². The van der Waals surface area contributed by atoms with Gasteiger partial charge in [0.15, 0.2) is 11.4 Å². The van der Waals surface area contributed by atoms with E-state index in [9.17, 15) is 60.1 Å². The molecule has 250 valence electrons. The van der Waals surface area contributed by atoms with Crippen LogP contribution in [0.2, 0.25) is 0 Å². The number of ketones is 2. The minimum atomic E-state index is -2.94. The van der Waals surface area contributed by atoms with Crippen LogP contribution < -0.4 is 5.32 Å². The first-order valence-corrected chi connectivity index (χ1v) is 13.9. The number of carbonyl (C=O) groups excluding carboxylic acids is 3. The fraction of sp³-hybridized carbons (Fsp3) is 0.519. The molecule has 46 heavy (non-hydrogen) atoms. The number of benzene rings is 1. The summed E-state index contributed by atoms with van der Waals surface area (Å²) in [5, 5.41) is 77.8. The van der Waals surface area contributed by atoms with Gasteiger partial charge < -0.3 is 40.5 Å². The quantitative estimate of drug-likeness (QED) is 0.0679. The molecule has 6 N–H and O–H groups in total. The molecule has 19 heteroatoms. The molecule has 1 amide bonds. The van der Waals surface area contributed by atoms with E-state index in [0.717, 1.165) is 0 Å². The smallest absolute Gasteiger partial charge is 0.294 e. The van der Waals surface area contributed by atoms with E-state index in [2.05, 4.69) is 15.0 Å². The number of hydrogen-bond donors (Lipinski definition) is 6. The van der Waals surface area contributed by atoms with Gasteiger partial charge in [-0.3, -0.25) is 24.2 Å². The van der Waals surface area contributed by atoms with Crippen molar-refractivity contribution < 1.29 is 59.8 Å². The van der Waals surface area contributed by atoms with Crippen LogP contribution in [0.25, 0.3) is 5.76 Å². The zero-order chi connectivity index (χ0) is 34.3. The molecule has 3 aliphatic rings. The average Bonchev–Trinajstić information content (AvgIpc) is 2.95. The Labute approximate surface area is 260 Å². The first-order chi connectivity index (χ1) is 21.5. The molecule has 5 atom stereocenters. The highest BCUT2D eigenvalue weighted by atomic mass is 17.0. The number of nitrogens with zero attached hydrogens (tertiary/aromatic N) is 4. The summed E-state index contributed by atoms with van der Waals surface area (Å²) in [5.41, 5.74) is -6.49. The maximum atomic E-state index is 14.1. The Balaban J connectivity index is 1.73. The van der Waals surface area contributed by atoms with Gasteiger partial charge in [-0.05, 0) is 39.1 Å². The minimum Gasteiger partial charge on any atom is -0.508 e. The molecule has 0 spiro atoms. The minimum absolute atomic E-state index is 0.0946. The van der Waals surface area contributed by atoms with Crippen molar-refractivity contribution >= 4 is 23.2 Å². The molecule has 4 rings (SSSR count). The molecule has 1 unspecified atom stereocenters. The fourth-order valence-corrected chi connectivity index (χ4v) is 6.51. The Hall–Kier alpha value is -4.85. The van der Waals surface area contributed by atoms with E-state index in [1.165, 1.54) is 49.0 Å². The monoisotopic (exact) mass is 651 g/mol. The van der Waals surface area contributed by atoms with Crippen molar-refractivity contribution in [1.29, 1.82) is 0 Å². The van der Waals surface area contributed by atoms with Crippen LogP contribution in [0.15, 0.2) is 35.1 Å². The van der Waals surface area contributed by atoms with E-state index < -0.39 is 105 Å². The van der Waals surface area contributed by atoms with E-state index in [4.69, 9.17) is 0 Å². The van der Waals surface area contributed by atoms with Crippen LogP contribution in [-0.4, -0.2) is 122 Å². The number of fused-ring (bicyclic) bond motifs is 3. The highest BCUT2D eigenvalue weighted by molar-refractivity contribution is 6.25. The Morgan fingerprint density at radius 1 is 1.07 bits per heavy atom. The number of amides is 1. The van der Waals surface area contributed by atoms with Crippen molar-refractivity contribution in [2.24, 2.45) is 11.8 Å². The third-order valence-electron chi connectivity index (χ3n) is 8.67. The fourth-order valence-electron chi connectivity index (χ4n) is 6.51. The summed E-state index contributed by atoms with van der Waals surface area (Å²) < 4.78 is 0. The van der Waals surface area contributed by atoms with Gasteiger partial charge in [0.2, 0.25) is 5.78 Å². The van der Waals surface area contributed by atoms with Crippen LogP contribution >= 0.6 is 0 Å². The number of hydrogen-bond acceptors (Lipinski definition) is 16. The van der Waals surface area contributed by atoms with E-state index in [-0.39, 0.29) is 30.6 Å².